The van der Waals surface area contributed by atoms with Gasteiger partial charge in [-0.25, -0.2) is 8.42 Å². The number of nitrogens with one attached hydrogen (secondary N) is 1. The zero-order valence-electron chi connectivity index (χ0n) is 21.3. The molecule has 186 valence electrons. The van der Waals surface area contributed by atoms with E-state index in [0.29, 0.717) is 5.69 Å². The molecule has 0 unspecified atom stereocenters. The average Bonchev–Trinajstić information content (AvgIpc) is 2.77. The van der Waals surface area contributed by atoms with E-state index >= 15 is 0 Å². The Bertz CT molecular complexity index is 1130. The minimum Gasteiger partial charge on any atom is -0.352 e. The third kappa shape index (κ3) is 7.06. The van der Waals surface area contributed by atoms with Crippen LogP contribution in [0.15, 0.2) is 42.5 Å². The van der Waals surface area contributed by atoms with Crippen molar-refractivity contribution < 1.29 is 18.0 Å². The molecule has 0 radical (unpaired) electrons. The fraction of sp³-hybridized carbons (Fsp3) is 0.462. The summed E-state index contributed by atoms with van der Waals surface area (Å²) in [5, 5.41) is 2.93. The lowest BCUT2D eigenvalue weighted by molar-refractivity contribution is -0.139. The van der Waals surface area contributed by atoms with Crippen LogP contribution in [0.5, 0.6) is 0 Å². The highest BCUT2D eigenvalue weighted by atomic mass is 32.2. The summed E-state index contributed by atoms with van der Waals surface area (Å²) in [5.41, 5.74) is 4.27. The number of amides is 2. The van der Waals surface area contributed by atoms with Crippen LogP contribution in [0.3, 0.4) is 0 Å². The Balaban J connectivity index is 2.42. The van der Waals surface area contributed by atoms with Gasteiger partial charge in [-0.05, 0) is 75.4 Å². The van der Waals surface area contributed by atoms with Gasteiger partial charge in [0.05, 0.1) is 11.9 Å². The molecule has 0 aliphatic heterocycles. The maximum Gasteiger partial charge on any atom is 0.244 e. The van der Waals surface area contributed by atoms with Gasteiger partial charge in [-0.1, -0.05) is 37.3 Å². The van der Waals surface area contributed by atoms with Gasteiger partial charge in [0.1, 0.15) is 12.6 Å². The van der Waals surface area contributed by atoms with Crippen molar-refractivity contribution in [2.24, 2.45) is 0 Å². The zero-order valence-corrected chi connectivity index (χ0v) is 22.1. The predicted octanol–water partition coefficient (Wildman–Crippen LogP) is 3.71. The SMILES string of the molecule is CC[C@@H](C)NC(=O)[C@@H](C)N(Cc1ccccc1C)C(=O)CN(c1ccc(C)c(C)c1)S(C)(=O)=O. The number of benzene rings is 2. The largest absolute Gasteiger partial charge is 0.352 e. The molecule has 8 heteroatoms. The molecule has 7 nitrogen and oxygen atoms in total. The van der Waals surface area contributed by atoms with Gasteiger partial charge < -0.3 is 10.2 Å². The molecule has 2 atom stereocenters. The number of hydrogen-bond donors (Lipinski definition) is 1. The van der Waals surface area contributed by atoms with Gasteiger partial charge in [0.15, 0.2) is 0 Å². The zero-order chi connectivity index (χ0) is 25.6. The highest BCUT2D eigenvalue weighted by molar-refractivity contribution is 7.92. The normalized spacial score (nSPS) is 13.1. The maximum absolute atomic E-state index is 13.6. The Hall–Kier alpha value is -2.87. The molecule has 0 saturated carbocycles. The molecule has 34 heavy (non-hydrogen) atoms. The first-order valence-electron chi connectivity index (χ1n) is 11.5. The van der Waals surface area contributed by atoms with E-state index in [2.05, 4.69) is 5.32 Å². The molecule has 0 bridgehead atoms. The van der Waals surface area contributed by atoms with Crippen LogP contribution >= 0.6 is 0 Å². The summed E-state index contributed by atoms with van der Waals surface area (Å²) >= 11 is 0. The number of carbonyl (C=O) groups is 2. The van der Waals surface area contributed by atoms with Crippen molar-refractivity contribution in [1.82, 2.24) is 10.2 Å². The van der Waals surface area contributed by atoms with Crippen LogP contribution in [0, 0.1) is 20.8 Å². The van der Waals surface area contributed by atoms with E-state index in [1.54, 1.807) is 19.1 Å². The van der Waals surface area contributed by atoms with Crippen LogP contribution in [-0.2, 0) is 26.2 Å². The van der Waals surface area contributed by atoms with Gasteiger partial charge in [-0.2, -0.15) is 0 Å². The molecule has 2 amide bonds. The number of nitrogens with zero attached hydrogens (tertiary/aromatic N) is 2. The number of carbonyl (C=O) groups excluding carboxylic acids is 2. The number of sulfonamides is 1. The first-order chi connectivity index (χ1) is 15.8. The third-order valence-electron chi connectivity index (χ3n) is 6.23. The summed E-state index contributed by atoms with van der Waals surface area (Å²) in [6.07, 6.45) is 1.85. The van der Waals surface area contributed by atoms with Crippen molar-refractivity contribution >= 4 is 27.5 Å². The van der Waals surface area contributed by atoms with Crippen LogP contribution in [0.1, 0.15) is 49.4 Å². The monoisotopic (exact) mass is 487 g/mol. The fourth-order valence-corrected chi connectivity index (χ4v) is 4.36. The molecule has 0 spiro atoms. The Morgan fingerprint density at radius 1 is 0.971 bits per heavy atom. The summed E-state index contributed by atoms with van der Waals surface area (Å²) in [7, 11) is -3.74. The smallest absolute Gasteiger partial charge is 0.244 e. The lowest BCUT2D eigenvalue weighted by atomic mass is 10.1. The molecule has 2 rings (SSSR count). The number of aryl methyl sites for hydroxylation is 3. The lowest BCUT2D eigenvalue weighted by Crippen LogP contribution is -2.52. The standard InChI is InChI=1S/C26H37N3O4S/c1-8-21(5)27-26(31)22(6)28(16-23-12-10-9-11-19(23)3)25(30)17-29(34(7,32)33)24-14-13-18(2)20(4)15-24/h9-15,21-22H,8,16-17H2,1-7H3,(H,27,31)/t21-,22-/m1/s1. The molecule has 0 aliphatic carbocycles. The summed E-state index contributed by atoms with van der Waals surface area (Å²) in [6.45, 7) is 11.1. The van der Waals surface area contributed by atoms with Crippen molar-refractivity contribution in [1.29, 1.82) is 0 Å². The highest BCUT2D eigenvalue weighted by Gasteiger charge is 2.30. The summed E-state index contributed by atoms with van der Waals surface area (Å²) in [4.78, 5) is 28.0. The number of rotatable bonds is 10. The Kier molecular flexibility index (Phi) is 9.27. The van der Waals surface area contributed by atoms with E-state index in [1.807, 2.05) is 65.0 Å². The third-order valence-corrected chi connectivity index (χ3v) is 7.37. The molecular formula is C26H37N3O4S. The lowest BCUT2D eigenvalue weighted by Gasteiger charge is -2.32. The minimum atomic E-state index is -3.74. The Labute approximate surface area is 204 Å². The first-order valence-corrected chi connectivity index (χ1v) is 13.4. The van der Waals surface area contributed by atoms with Gasteiger partial charge in [0.25, 0.3) is 0 Å². The molecule has 0 aliphatic rings. The van der Waals surface area contributed by atoms with Crippen molar-refractivity contribution in [3.63, 3.8) is 0 Å². The molecule has 2 aromatic carbocycles. The van der Waals surface area contributed by atoms with Gasteiger partial charge in [-0.3, -0.25) is 13.9 Å². The van der Waals surface area contributed by atoms with Crippen LogP contribution < -0.4 is 9.62 Å². The van der Waals surface area contributed by atoms with Crippen LogP contribution in [0.25, 0.3) is 0 Å². The summed E-state index contributed by atoms with van der Waals surface area (Å²) in [6, 6.07) is 12.1. The first kappa shape index (κ1) is 27.4. The van der Waals surface area contributed by atoms with E-state index in [1.165, 1.54) is 4.90 Å². The molecule has 1 N–H and O–H groups in total. The molecule has 0 fully saturated rings. The van der Waals surface area contributed by atoms with Crippen LogP contribution in [-0.4, -0.2) is 50.0 Å². The Morgan fingerprint density at radius 2 is 1.62 bits per heavy atom. The van der Waals surface area contributed by atoms with E-state index in [0.717, 1.165) is 39.2 Å². The number of hydrogen-bond acceptors (Lipinski definition) is 4. The second-order valence-electron chi connectivity index (χ2n) is 8.98. The topological polar surface area (TPSA) is 86.8 Å². The van der Waals surface area contributed by atoms with Crippen LogP contribution in [0.4, 0.5) is 5.69 Å². The summed E-state index contributed by atoms with van der Waals surface area (Å²) in [5.74, 6) is -0.716. The summed E-state index contributed by atoms with van der Waals surface area (Å²) < 4.78 is 26.4. The van der Waals surface area contributed by atoms with E-state index < -0.39 is 28.5 Å². The fourth-order valence-electron chi connectivity index (χ4n) is 3.51. The molecule has 2 aromatic rings. The molecule has 0 saturated heterocycles. The van der Waals surface area contributed by atoms with Gasteiger partial charge in [-0.15, -0.1) is 0 Å². The quantitative estimate of drug-likeness (QED) is 0.554. The number of anilines is 1. The molecule has 0 heterocycles. The van der Waals surface area contributed by atoms with Crippen molar-refractivity contribution in [2.45, 2.75) is 66.6 Å². The van der Waals surface area contributed by atoms with Crippen LogP contribution in [0.2, 0.25) is 0 Å². The van der Waals surface area contributed by atoms with E-state index in [9.17, 15) is 18.0 Å². The average molecular weight is 488 g/mol. The molecule has 0 aromatic heterocycles. The van der Waals surface area contributed by atoms with E-state index in [4.69, 9.17) is 0 Å². The molecular weight excluding hydrogens is 450 g/mol. The van der Waals surface area contributed by atoms with E-state index in [-0.39, 0.29) is 18.5 Å². The van der Waals surface area contributed by atoms with Gasteiger partial charge in [0.2, 0.25) is 21.8 Å². The Morgan fingerprint density at radius 3 is 2.18 bits per heavy atom. The van der Waals surface area contributed by atoms with Crippen molar-refractivity contribution in [2.75, 3.05) is 17.1 Å². The van der Waals surface area contributed by atoms with Gasteiger partial charge >= 0.3 is 0 Å². The van der Waals surface area contributed by atoms with Gasteiger partial charge in [0, 0.05) is 12.6 Å². The highest BCUT2D eigenvalue weighted by Crippen LogP contribution is 2.22. The second kappa shape index (κ2) is 11.5. The van der Waals surface area contributed by atoms with Crippen molar-refractivity contribution in [3.8, 4) is 0 Å². The second-order valence-corrected chi connectivity index (χ2v) is 10.9. The van der Waals surface area contributed by atoms with Crippen molar-refractivity contribution in [3.05, 3.63) is 64.7 Å². The minimum absolute atomic E-state index is 0.0339. The maximum atomic E-state index is 13.6. The predicted molar refractivity (Wildman–Crippen MR) is 137 cm³/mol.